The molecule has 1 aliphatic rings. The summed E-state index contributed by atoms with van der Waals surface area (Å²) in [5, 5.41) is 4.19. The van der Waals surface area contributed by atoms with E-state index in [0.717, 1.165) is 4.70 Å². The van der Waals surface area contributed by atoms with Gasteiger partial charge in [0.15, 0.2) is 5.13 Å². The van der Waals surface area contributed by atoms with Gasteiger partial charge in [-0.1, -0.05) is 46.1 Å². The summed E-state index contributed by atoms with van der Waals surface area (Å²) >= 11 is 19.3. The summed E-state index contributed by atoms with van der Waals surface area (Å²) in [4.78, 5) is 17.3. The number of rotatable bonds is 4. The third kappa shape index (κ3) is 3.97. The summed E-state index contributed by atoms with van der Waals surface area (Å²) in [6.45, 7) is 0.268. The maximum atomic E-state index is 13.0. The fraction of sp³-hybridized carbons (Fsp3) is 0.222. The number of hydrogen-bond donors (Lipinski definition) is 1. The van der Waals surface area contributed by atoms with Crippen molar-refractivity contribution in [2.75, 3.05) is 11.9 Å². The average molecular weight is 491 g/mol. The lowest BCUT2D eigenvalue weighted by Gasteiger charge is -2.23. The van der Waals surface area contributed by atoms with Gasteiger partial charge in [-0.2, -0.15) is 4.31 Å². The maximum absolute atomic E-state index is 13.0. The molecule has 152 valence electrons. The molecule has 1 aliphatic heterocycles. The molecule has 4 rings (SSSR count). The number of amides is 1. The van der Waals surface area contributed by atoms with Crippen molar-refractivity contribution < 1.29 is 13.2 Å². The number of nitrogens with zero attached hydrogens (tertiary/aromatic N) is 2. The maximum Gasteiger partial charge on any atom is 0.244 e. The lowest BCUT2D eigenvalue weighted by Crippen LogP contribution is -2.43. The van der Waals surface area contributed by atoms with E-state index in [9.17, 15) is 13.2 Å². The number of fused-ring (bicyclic) bond motifs is 1. The van der Waals surface area contributed by atoms with Crippen LogP contribution in [0.15, 0.2) is 41.3 Å². The number of sulfonamides is 1. The first-order chi connectivity index (χ1) is 13.8. The second kappa shape index (κ2) is 8.02. The molecule has 0 spiro atoms. The van der Waals surface area contributed by atoms with Crippen LogP contribution in [0.5, 0.6) is 0 Å². The third-order valence-electron chi connectivity index (χ3n) is 4.61. The van der Waals surface area contributed by atoms with E-state index in [2.05, 4.69) is 10.3 Å². The first-order valence-electron chi connectivity index (χ1n) is 8.60. The average Bonchev–Trinajstić information content (AvgIpc) is 3.33. The second-order valence-electron chi connectivity index (χ2n) is 6.44. The zero-order chi connectivity index (χ0) is 20.8. The standard InChI is InChI=1S/C18H14Cl3N3O3S2/c19-10-3-5-11(6-4-10)29(26,27)24-9-1-2-13(24)17(25)23-18-22-16-14(28-18)8-7-12(20)15(16)21/h3-8,13H,1-2,9H2,(H,22,23,25). The smallest absolute Gasteiger partial charge is 0.244 e. The van der Waals surface area contributed by atoms with Crippen LogP contribution in [0.2, 0.25) is 15.1 Å². The molecule has 29 heavy (non-hydrogen) atoms. The summed E-state index contributed by atoms with van der Waals surface area (Å²) in [6, 6.07) is 8.50. The predicted octanol–water partition coefficient (Wildman–Crippen LogP) is 5.05. The lowest BCUT2D eigenvalue weighted by atomic mass is 10.2. The van der Waals surface area contributed by atoms with Crippen LogP contribution in [0.25, 0.3) is 10.2 Å². The minimum absolute atomic E-state index is 0.100. The van der Waals surface area contributed by atoms with Gasteiger partial charge in [-0.3, -0.25) is 4.79 Å². The van der Waals surface area contributed by atoms with Gasteiger partial charge in [-0.05, 0) is 49.2 Å². The van der Waals surface area contributed by atoms with Crippen molar-refractivity contribution in [2.24, 2.45) is 0 Å². The Bertz CT molecular complexity index is 1200. The molecule has 1 unspecified atom stereocenters. The number of benzene rings is 2. The molecule has 0 aliphatic carbocycles. The number of carbonyl (C=O) groups excluding carboxylic acids is 1. The molecule has 1 aromatic heterocycles. The number of thiazole rings is 1. The van der Waals surface area contributed by atoms with Crippen molar-refractivity contribution in [1.82, 2.24) is 9.29 Å². The number of hydrogen-bond acceptors (Lipinski definition) is 5. The monoisotopic (exact) mass is 489 g/mol. The van der Waals surface area contributed by atoms with E-state index >= 15 is 0 Å². The van der Waals surface area contributed by atoms with E-state index in [0.29, 0.717) is 38.6 Å². The summed E-state index contributed by atoms with van der Waals surface area (Å²) in [5.41, 5.74) is 0.497. The van der Waals surface area contributed by atoms with Gasteiger partial charge >= 0.3 is 0 Å². The molecule has 1 amide bonds. The van der Waals surface area contributed by atoms with Gasteiger partial charge in [0.05, 0.1) is 19.6 Å². The molecule has 3 aromatic rings. The van der Waals surface area contributed by atoms with Crippen LogP contribution >= 0.6 is 46.1 Å². The van der Waals surface area contributed by atoms with E-state index in [4.69, 9.17) is 34.8 Å². The first-order valence-corrected chi connectivity index (χ1v) is 12.0. The van der Waals surface area contributed by atoms with Crippen LogP contribution < -0.4 is 5.32 Å². The first kappa shape index (κ1) is 20.8. The molecular formula is C18H14Cl3N3O3S2. The van der Waals surface area contributed by atoms with Crippen molar-refractivity contribution >= 4 is 77.4 Å². The Morgan fingerprint density at radius 2 is 1.86 bits per heavy atom. The Kier molecular flexibility index (Phi) is 5.76. The topological polar surface area (TPSA) is 79.4 Å². The molecule has 1 N–H and O–H groups in total. The SMILES string of the molecule is O=C(Nc1nc2c(Cl)c(Cl)ccc2s1)C1CCCN1S(=O)(=O)c1ccc(Cl)cc1. The largest absolute Gasteiger partial charge is 0.301 e. The number of anilines is 1. The molecule has 2 aromatic carbocycles. The molecule has 1 saturated heterocycles. The van der Waals surface area contributed by atoms with E-state index in [1.165, 1.54) is 39.9 Å². The normalized spacial score (nSPS) is 17.7. The van der Waals surface area contributed by atoms with Crippen molar-refractivity contribution in [3.8, 4) is 0 Å². The highest BCUT2D eigenvalue weighted by molar-refractivity contribution is 7.89. The van der Waals surface area contributed by atoms with Gasteiger partial charge in [-0.15, -0.1) is 0 Å². The summed E-state index contributed by atoms with van der Waals surface area (Å²) < 4.78 is 28.0. The lowest BCUT2D eigenvalue weighted by molar-refractivity contribution is -0.119. The number of halogens is 3. The summed E-state index contributed by atoms with van der Waals surface area (Å²) in [6.07, 6.45) is 1.02. The van der Waals surface area contributed by atoms with Crippen molar-refractivity contribution in [2.45, 2.75) is 23.8 Å². The van der Waals surface area contributed by atoms with E-state index in [-0.39, 0.29) is 11.4 Å². The number of aromatic nitrogens is 1. The van der Waals surface area contributed by atoms with Crippen molar-refractivity contribution in [1.29, 1.82) is 0 Å². The fourth-order valence-electron chi connectivity index (χ4n) is 3.21. The Morgan fingerprint density at radius 1 is 1.14 bits per heavy atom. The van der Waals surface area contributed by atoms with E-state index in [1.54, 1.807) is 12.1 Å². The van der Waals surface area contributed by atoms with Crippen LogP contribution in [0.1, 0.15) is 12.8 Å². The highest BCUT2D eigenvalue weighted by Gasteiger charge is 2.39. The molecule has 0 bridgehead atoms. The van der Waals surface area contributed by atoms with Gasteiger partial charge in [-0.25, -0.2) is 13.4 Å². The molecule has 11 heteroatoms. The summed E-state index contributed by atoms with van der Waals surface area (Å²) in [5.74, 6) is -0.429. The van der Waals surface area contributed by atoms with Gasteiger partial charge < -0.3 is 5.32 Å². The van der Waals surface area contributed by atoms with Crippen LogP contribution in [-0.4, -0.2) is 36.2 Å². The third-order valence-corrected chi connectivity index (χ3v) is 8.51. The number of nitrogens with one attached hydrogen (secondary N) is 1. The van der Waals surface area contributed by atoms with E-state index < -0.39 is 22.0 Å². The molecule has 0 radical (unpaired) electrons. The highest BCUT2D eigenvalue weighted by Crippen LogP contribution is 2.36. The quantitative estimate of drug-likeness (QED) is 0.555. The minimum atomic E-state index is -3.82. The second-order valence-corrected chi connectivity index (χ2v) is 10.6. The van der Waals surface area contributed by atoms with Crippen molar-refractivity contribution in [3.63, 3.8) is 0 Å². The van der Waals surface area contributed by atoms with Crippen LogP contribution in [0.4, 0.5) is 5.13 Å². The Morgan fingerprint density at radius 3 is 2.59 bits per heavy atom. The van der Waals surface area contributed by atoms with E-state index in [1.807, 2.05) is 0 Å². The van der Waals surface area contributed by atoms with Gasteiger partial charge in [0.2, 0.25) is 15.9 Å². The van der Waals surface area contributed by atoms with Crippen LogP contribution in [-0.2, 0) is 14.8 Å². The zero-order valence-corrected chi connectivity index (χ0v) is 18.6. The van der Waals surface area contributed by atoms with Crippen molar-refractivity contribution in [3.05, 3.63) is 51.5 Å². The Balaban J connectivity index is 1.58. The Labute approximate surface area is 186 Å². The molecule has 6 nitrogen and oxygen atoms in total. The molecule has 0 saturated carbocycles. The summed E-state index contributed by atoms with van der Waals surface area (Å²) in [7, 11) is -3.82. The zero-order valence-electron chi connectivity index (χ0n) is 14.7. The molecule has 2 heterocycles. The molecular weight excluding hydrogens is 477 g/mol. The van der Waals surface area contributed by atoms with Gasteiger partial charge in [0, 0.05) is 11.6 Å². The predicted molar refractivity (Wildman–Crippen MR) is 117 cm³/mol. The minimum Gasteiger partial charge on any atom is -0.301 e. The highest BCUT2D eigenvalue weighted by atomic mass is 35.5. The van der Waals surface area contributed by atoms with Crippen LogP contribution in [0.3, 0.4) is 0 Å². The fourth-order valence-corrected chi connectivity index (χ4v) is 6.29. The number of carbonyl (C=O) groups is 1. The van der Waals surface area contributed by atoms with Gasteiger partial charge in [0.1, 0.15) is 11.6 Å². The van der Waals surface area contributed by atoms with Crippen LogP contribution in [0, 0.1) is 0 Å². The Hall–Kier alpha value is -1.42. The van der Waals surface area contributed by atoms with Gasteiger partial charge in [0.25, 0.3) is 0 Å². The molecule has 1 fully saturated rings. The molecule has 1 atom stereocenters.